The second-order valence-corrected chi connectivity index (χ2v) is 14.4. The molecule has 0 aromatic heterocycles. The highest BCUT2D eigenvalue weighted by Gasteiger charge is 2.70. The smallest absolute Gasteiger partial charge is 0.246 e. The van der Waals surface area contributed by atoms with Crippen LogP contribution >= 0.6 is 27.5 Å². The number of benzene rings is 4. The third kappa shape index (κ3) is 4.55. The van der Waals surface area contributed by atoms with Crippen LogP contribution in [0, 0.1) is 23.7 Å². The molecule has 2 aliphatic carbocycles. The molecule has 49 heavy (non-hydrogen) atoms. The normalized spacial score (nSPS) is 27.5. The zero-order valence-corrected chi connectivity index (χ0v) is 28.6. The number of halogens is 2. The van der Waals surface area contributed by atoms with Gasteiger partial charge in [-0.15, -0.1) is 0 Å². The fourth-order valence-electron chi connectivity index (χ4n) is 8.82. The average Bonchev–Trinajstić information content (AvgIpc) is 3.50. The van der Waals surface area contributed by atoms with E-state index in [2.05, 4.69) is 15.9 Å². The van der Waals surface area contributed by atoms with E-state index in [1.165, 1.54) is 23.0 Å². The van der Waals surface area contributed by atoms with Crippen LogP contribution in [0.1, 0.15) is 29.9 Å². The Kier molecular flexibility index (Phi) is 7.53. The van der Waals surface area contributed by atoms with Crippen LogP contribution in [0.15, 0.2) is 113 Å². The lowest BCUT2D eigenvalue weighted by Crippen LogP contribution is -2.53. The Morgan fingerprint density at radius 2 is 1.57 bits per heavy atom. The number of anilines is 2. The minimum atomic E-state index is -1.50. The number of carbonyl (C=O) groups excluding carboxylic acids is 4. The highest BCUT2D eigenvalue weighted by molar-refractivity contribution is 9.10. The molecule has 4 aromatic carbocycles. The number of hydrogen-bond donors (Lipinski definition) is 1. The molecule has 6 unspecified atom stereocenters. The number of hydrogen-bond acceptors (Lipinski definition) is 6. The van der Waals surface area contributed by atoms with E-state index in [0.717, 1.165) is 10.0 Å². The summed E-state index contributed by atoms with van der Waals surface area (Å²) in [4.78, 5) is 61.0. The first-order chi connectivity index (χ1) is 23.7. The topological polar surface area (TPSA) is 104 Å². The monoisotopic (exact) mass is 736 g/mol. The number of phenols is 1. The number of imide groups is 2. The molecule has 0 radical (unpaired) electrons. The summed E-state index contributed by atoms with van der Waals surface area (Å²) in [5, 5.41) is 11.9. The highest BCUT2D eigenvalue weighted by atomic mass is 79.9. The summed E-state index contributed by atoms with van der Waals surface area (Å²) in [6.45, 7) is 0. The molecule has 4 aliphatic rings. The van der Waals surface area contributed by atoms with Gasteiger partial charge in [0.25, 0.3) is 0 Å². The van der Waals surface area contributed by atoms with Crippen molar-refractivity contribution in [1.82, 2.24) is 0 Å². The number of rotatable bonds is 5. The van der Waals surface area contributed by atoms with Gasteiger partial charge < -0.3 is 9.84 Å². The van der Waals surface area contributed by atoms with Crippen molar-refractivity contribution < 1.29 is 29.0 Å². The van der Waals surface area contributed by atoms with Crippen LogP contribution in [0.25, 0.3) is 0 Å². The number of aromatic hydroxyl groups is 1. The fourth-order valence-corrected chi connectivity index (χ4v) is 9.27. The molecule has 2 saturated heterocycles. The van der Waals surface area contributed by atoms with E-state index in [9.17, 15) is 19.5 Å². The van der Waals surface area contributed by atoms with Crippen molar-refractivity contribution >= 4 is 62.5 Å². The molecule has 8 nitrogen and oxygen atoms in total. The molecule has 0 bridgehead atoms. The number of phenolic OH excluding ortho intramolecular Hbond substituents is 1. The highest BCUT2D eigenvalue weighted by Crippen LogP contribution is 2.65. The van der Waals surface area contributed by atoms with Gasteiger partial charge in [0.2, 0.25) is 23.6 Å². The molecule has 1 N–H and O–H groups in total. The summed E-state index contributed by atoms with van der Waals surface area (Å²) in [5.74, 6) is -4.89. The second-order valence-electron chi connectivity index (χ2n) is 13.0. The van der Waals surface area contributed by atoms with Gasteiger partial charge in [-0.05, 0) is 85.0 Å². The number of carbonyl (C=O) groups is 4. The Bertz CT molecular complexity index is 2080. The minimum Gasteiger partial charge on any atom is -0.508 e. The minimum absolute atomic E-state index is 0.0738. The number of allylic oxidation sites excluding steroid dienone is 2. The molecule has 10 heteroatoms. The quantitative estimate of drug-likeness (QED) is 0.172. The van der Waals surface area contributed by atoms with Crippen LogP contribution in [-0.4, -0.2) is 35.8 Å². The number of methoxy groups -OCH3 is 1. The van der Waals surface area contributed by atoms with Gasteiger partial charge in [-0.25, -0.2) is 4.90 Å². The third-order valence-corrected chi connectivity index (χ3v) is 11.6. The zero-order chi connectivity index (χ0) is 34.2. The van der Waals surface area contributed by atoms with Crippen molar-refractivity contribution in [3.8, 4) is 11.5 Å². The second kappa shape index (κ2) is 11.7. The van der Waals surface area contributed by atoms with Crippen LogP contribution in [0.2, 0.25) is 5.02 Å². The first-order valence-corrected chi connectivity index (χ1v) is 17.2. The van der Waals surface area contributed by atoms with E-state index in [1.54, 1.807) is 60.7 Å². The molecule has 2 aliphatic heterocycles. The van der Waals surface area contributed by atoms with Gasteiger partial charge >= 0.3 is 0 Å². The van der Waals surface area contributed by atoms with Crippen LogP contribution in [0.4, 0.5) is 11.4 Å². The van der Waals surface area contributed by atoms with E-state index < -0.39 is 46.8 Å². The van der Waals surface area contributed by atoms with Gasteiger partial charge in [-0.1, -0.05) is 75.6 Å². The summed E-state index contributed by atoms with van der Waals surface area (Å²) in [6.07, 6.45) is 2.38. The van der Waals surface area contributed by atoms with Crippen molar-refractivity contribution in [2.45, 2.75) is 24.2 Å². The Morgan fingerprint density at radius 1 is 0.816 bits per heavy atom. The van der Waals surface area contributed by atoms with Crippen molar-refractivity contribution in [3.63, 3.8) is 0 Å². The molecule has 246 valence electrons. The van der Waals surface area contributed by atoms with Crippen LogP contribution in [0.5, 0.6) is 11.5 Å². The number of amides is 4. The molecule has 8 rings (SSSR count). The van der Waals surface area contributed by atoms with E-state index in [0.29, 0.717) is 33.3 Å². The van der Waals surface area contributed by atoms with Gasteiger partial charge in [-0.3, -0.25) is 24.1 Å². The molecular weight excluding hydrogens is 708 g/mol. The molecule has 2 heterocycles. The Labute approximate surface area is 296 Å². The van der Waals surface area contributed by atoms with Crippen molar-refractivity contribution in [1.29, 1.82) is 0 Å². The first kappa shape index (κ1) is 31.5. The van der Waals surface area contributed by atoms with E-state index in [4.69, 9.17) is 16.3 Å². The molecule has 0 spiro atoms. The molecule has 3 fully saturated rings. The van der Waals surface area contributed by atoms with Crippen molar-refractivity contribution in [3.05, 3.63) is 129 Å². The third-order valence-electron chi connectivity index (χ3n) is 10.8. The molecule has 6 atom stereocenters. The van der Waals surface area contributed by atoms with Crippen molar-refractivity contribution in [2.24, 2.45) is 23.7 Å². The van der Waals surface area contributed by atoms with Crippen molar-refractivity contribution in [2.75, 3.05) is 16.9 Å². The largest absolute Gasteiger partial charge is 0.508 e. The van der Waals surface area contributed by atoms with Gasteiger partial charge in [-0.2, -0.15) is 0 Å². The SMILES string of the molecule is COc1ccc(O)c(C2C3=CCC4C(=O)N(c5ccc(Br)cc5)C(=O)C4C3CC3C(=O)N(c4cccc(Cl)c4)C(=O)C32c2ccccc2)c1. The standard InChI is InChI=1S/C39H30BrClN2O6/c1-49-26-14-17-32(44)30(19-26)34-27-15-16-28-33(37(47)42(35(28)45)24-12-10-22(40)11-13-24)29(27)20-31-36(46)43(25-9-5-8-23(41)18-25)38(48)39(31,34)21-6-3-2-4-7-21/h2-15,17-19,28-29,31,33-34,44H,16,20H2,1H3. The number of ether oxygens (including phenoxy) is 1. The Balaban J connectivity index is 1.37. The summed E-state index contributed by atoms with van der Waals surface area (Å²) in [7, 11) is 1.52. The predicted octanol–water partition coefficient (Wildman–Crippen LogP) is 7.18. The summed E-state index contributed by atoms with van der Waals surface area (Å²) in [6, 6.07) is 27.7. The number of fused-ring (bicyclic) bond motifs is 4. The predicted molar refractivity (Wildman–Crippen MR) is 187 cm³/mol. The lowest BCUT2D eigenvalue weighted by molar-refractivity contribution is -0.127. The van der Waals surface area contributed by atoms with Gasteiger partial charge in [0, 0.05) is 21.0 Å². The van der Waals surface area contributed by atoms with Crippen LogP contribution in [0.3, 0.4) is 0 Å². The molecule has 4 amide bonds. The summed E-state index contributed by atoms with van der Waals surface area (Å²) >= 11 is 9.81. The Hall–Kier alpha value is -4.73. The van der Waals surface area contributed by atoms with E-state index in [1.807, 2.05) is 36.4 Å². The summed E-state index contributed by atoms with van der Waals surface area (Å²) < 4.78 is 6.41. The zero-order valence-electron chi connectivity index (χ0n) is 26.3. The maximum Gasteiger partial charge on any atom is 0.246 e. The average molecular weight is 738 g/mol. The molecule has 1 saturated carbocycles. The first-order valence-electron chi connectivity index (χ1n) is 16.1. The van der Waals surface area contributed by atoms with Gasteiger partial charge in [0.1, 0.15) is 11.5 Å². The fraction of sp³-hybridized carbons (Fsp3) is 0.231. The number of nitrogens with zero attached hydrogens (tertiary/aromatic N) is 2. The van der Waals surface area contributed by atoms with Crippen LogP contribution < -0.4 is 14.5 Å². The van der Waals surface area contributed by atoms with Gasteiger partial charge in [0.15, 0.2) is 0 Å². The summed E-state index contributed by atoms with van der Waals surface area (Å²) in [5.41, 5.74) is 1.07. The van der Waals surface area contributed by atoms with Crippen LogP contribution in [-0.2, 0) is 24.6 Å². The maximum absolute atomic E-state index is 15.3. The lowest BCUT2D eigenvalue weighted by Gasteiger charge is -2.50. The molecule has 4 aromatic rings. The van der Waals surface area contributed by atoms with Gasteiger partial charge in [0.05, 0.1) is 41.7 Å². The van der Waals surface area contributed by atoms with E-state index >= 15 is 4.79 Å². The molecular formula is C39H30BrClN2O6. The van der Waals surface area contributed by atoms with E-state index in [-0.39, 0.29) is 30.4 Å². The Morgan fingerprint density at radius 3 is 2.29 bits per heavy atom. The lowest BCUT2D eigenvalue weighted by atomic mass is 9.49. The maximum atomic E-state index is 15.3.